The van der Waals surface area contributed by atoms with Crippen LogP contribution in [-0.2, 0) is 12.0 Å². The molecule has 0 aromatic carbocycles. The molecule has 0 atom stereocenters. The number of hydrogen-bond acceptors (Lipinski definition) is 4. The van der Waals surface area contributed by atoms with Gasteiger partial charge in [-0.2, -0.15) is 0 Å². The molecule has 0 fully saturated rings. The fourth-order valence-electron chi connectivity index (χ4n) is 2.07. The fourth-order valence-corrected chi connectivity index (χ4v) is 2.92. The minimum atomic E-state index is 0.0683. The third kappa shape index (κ3) is 4.07. The molecule has 6 heteroatoms. The van der Waals surface area contributed by atoms with Crippen molar-refractivity contribution >= 4 is 17.3 Å². The summed E-state index contributed by atoms with van der Waals surface area (Å²) in [7, 11) is 3.78. The highest BCUT2D eigenvalue weighted by Crippen LogP contribution is 2.26. The van der Waals surface area contributed by atoms with Crippen molar-refractivity contribution in [3.8, 4) is 0 Å². The molecular weight excluding hydrogens is 284 g/mol. The van der Waals surface area contributed by atoms with Crippen LogP contribution in [0.5, 0.6) is 0 Å². The molecule has 21 heavy (non-hydrogen) atoms. The molecule has 0 aliphatic heterocycles. The Morgan fingerprint density at radius 1 is 1.48 bits per heavy atom. The SMILES string of the molecule is CN=C(NCC(C)(C)c1cccs1)N(C)Cc1ccon1. The lowest BCUT2D eigenvalue weighted by molar-refractivity contribution is 0.389. The number of nitrogens with zero attached hydrogens (tertiary/aromatic N) is 3. The van der Waals surface area contributed by atoms with E-state index >= 15 is 0 Å². The van der Waals surface area contributed by atoms with Gasteiger partial charge in [-0.3, -0.25) is 4.99 Å². The summed E-state index contributed by atoms with van der Waals surface area (Å²) in [6.45, 7) is 5.95. The van der Waals surface area contributed by atoms with E-state index in [1.165, 1.54) is 4.88 Å². The van der Waals surface area contributed by atoms with Crippen molar-refractivity contribution in [3.05, 3.63) is 40.4 Å². The summed E-state index contributed by atoms with van der Waals surface area (Å²) in [5.74, 6) is 0.850. The highest BCUT2D eigenvalue weighted by atomic mass is 32.1. The fraction of sp³-hybridized carbons (Fsp3) is 0.467. The van der Waals surface area contributed by atoms with Gasteiger partial charge in [0.2, 0.25) is 0 Å². The number of hydrogen-bond donors (Lipinski definition) is 1. The summed E-state index contributed by atoms with van der Waals surface area (Å²) >= 11 is 1.79. The van der Waals surface area contributed by atoms with E-state index in [0.29, 0.717) is 6.54 Å². The first-order chi connectivity index (χ1) is 10.0. The molecule has 1 N–H and O–H groups in total. The first-order valence-corrected chi connectivity index (χ1v) is 7.76. The zero-order valence-electron chi connectivity index (χ0n) is 13.0. The van der Waals surface area contributed by atoms with Gasteiger partial charge in [0.05, 0.1) is 6.54 Å². The molecule has 2 aromatic rings. The molecule has 0 unspecified atom stereocenters. The Morgan fingerprint density at radius 3 is 2.86 bits per heavy atom. The van der Waals surface area contributed by atoms with Crippen LogP contribution in [0.15, 0.2) is 39.4 Å². The molecule has 2 aromatic heterocycles. The Bertz CT molecular complexity index is 561. The van der Waals surface area contributed by atoms with Crippen LogP contribution in [-0.4, -0.2) is 36.7 Å². The first-order valence-electron chi connectivity index (χ1n) is 6.88. The molecule has 2 rings (SSSR count). The number of thiophene rings is 1. The Labute approximate surface area is 129 Å². The van der Waals surface area contributed by atoms with Gasteiger partial charge < -0.3 is 14.7 Å². The van der Waals surface area contributed by atoms with Crippen LogP contribution in [0.1, 0.15) is 24.4 Å². The van der Waals surface area contributed by atoms with Gasteiger partial charge in [-0.1, -0.05) is 25.1 Å². The quantitative estimate of drug-likeness (QED) is 0.682. The standard InChI is InChI=1S/C15H22N4OS/c1-15(2,13-6-5-9-21-13)11-17-14(16-3)19(4)10-12-7-8-20-18-12/h5-9H,10-11H2,1-4H3,(H,16,17). The minimum Gasteiger partial charge on any atom is -0.364 e. The lowest BCUT2D eigenvalue weighted by Crippen LogP contribution is -2.43. The van der Waals surface area contributed by atoms with Crippen molar-refractivity contribution in [1.29, 1.82) is 0 Å². The van der Waals surface area contributed by atoms with Gasteiger partial charge in [0.15, 0.2) is 5.96 Å². The molecule has 0 saturated carbocycles. The molecule has 0 bridgehead atoms. The number of rotatable bonds is 5. The van der Waals surface area contributed by atoms with E-state index in [-0.39, 0.29) is 5.41 Å². The van der Waals surface area contributed by atoms with Crippen LogP contribution in [0.3, 0.4) is 0 Å². The Morgan fingerprint density at radius 2 is 2.29 bits per heavy atom. The van der Waals surface area contributed by atoms with E-state index in [1.54, 1.807) is 24.6 Å². The second-order valence-electron chi connectivity index (χ2n) is 5.61. The zero-order valence-corrected chi connectivity index (χ0v) is 13.8. The lowest BCUT2D eigenvalue weighted by Gasteiger charge is -2.27. The highest BCUT2D eigenvalue weighted by molar-refractivity contribution is 7.10. The number of nitrogens with one attached hydrogen (secondary N) is 1. The van der Waals surface area contributed by atoms with Crippen LogP contribution < -0.4 is 5.32 Å². The van der Waals surface area contributed by atoms with Crippen molar-refractivity contribution in [1.82, 2.24) is 15.4 Å². The molecule has 2 heterocycles. The molecule has 0 radical (unpaired) electrons. The summed E-state index contributed by atoms with van der Waals surface area (Å²) in [5, 5.41) is 9.47. The minimum absolute atomic E-state index is 0.0683. The normalized spacial score (nSPS) is 12.5. The van der Waals surface area contributed by atoms with Gasteiger partial charge in [0, 0.05) is 37.0 Å². The van der Waals surface area contributed by atoms with Crippen molar-refractivity contribution < 1.29 is 4.52 Å². The average Bonchev–Trinajstić information content (AvgIpc) is 3.12. The Kier molecular flexibility index (Phi) is 5.01. The van der Waals surface area contributed by atoms with Gasteiger partial charge in [-0.05, 0) is 11.4 Å². The van der Waals surface area contributed by atoms with Gasteiger partial charge in [0.25, 0.3) is 0 Å². The van der Waals surface area contributed by atoms with E-state index in [1.807, 2.05) is 18.0 Å². The topological polar surface area (TPSA) is 53.7 Å². The molecule has 0 aliphatic rings. The number of aliphatic imine (C=N–C) groups is 1. The predicted octanol–water partition coefficient (Wildman–Crippen LogP) is 2.72. The third-order valence-corrected chi connectivity index (χ3v) is 4.58. The maximum Gasteiger partial charge on any atom is 0.193 e. The maximum absolute atomic E-state index is 4.86. The summed E-state index contributed by atoms with van der Waals surface area (Å²) in [6, 6.07) is 6.13. The second kappa shape index (κ2) is 6.76. The summed E-state index contributed by atoms with van der Waals surface area (Å²) in [6.07, 6.45) is 1.58. The average molecular weight is 306 g/mol. The Hall–Kier alpha value is -1.82. The van der Waals surface area contributed by atoms with Gasteiger partial charge in [-0.15, -0.1) is 11.3 Å². The van der Waals surface area contributed by atoms with Crippen LogP contribution >= 0.6 is 11.3 Å². The van der Waals surface area contributed by atoms with E-state index in [4.69, 9.17) is 4.52 Å². The van der Waals surface area contributed by atoms with E-state index in [9.17, 15) is 0 Å². The van der Waals surface area contributed by atoms with E-state index < -0.39 is 0 Å². The van der Waals surface area contributed by atoms with Crippen molar-refractivity contribution in [2.75, 3.05) is 20.6 Å². The molecule has 0 amide bonds. The maximum atomic E-state index is 4.86. The van der Waals surface area contributed by atoms with Gasteiger partial charge in [-0.25, -0.2) is 0 Å². The predicted molar refractivity (Wildman–Crippen MR) is 86.7 cm³/mol. The molecular formula is C15H22N4OS. The van der Waals surface area contributed by atoms with Crippen molar-refractivity contribution in [3.63, 3.8) is 0 Å². The smallest absolute Gasteiger partial charge is 0.193 e. The third-order valence-electron chi connectivity index (χ3n) is 3.34. The number of aromatic nitrogens is 1. The summed E-state index contributed by atoms with van der Waals surface area (Å²) < 4.78 is 4.86. The second-order valence-corrected chi connectivity index (χ2v) is 6.56. The summed E-state index contributed by atoms with van der Waals surface area (Å²) in [5.41, 5.74) is 0.955. The summed E-state index contributed by atoms with van der Waals surface area (Å²) in [4.78, 5) is 7.72. The Balaban J connectivity index is 1.93. The molecule has 0 saturated heterocycles. The largest absolute Gasteiger partial charge is 0.364 e. The van der Waals surface area contributed by atoms with E-state index in [2.05, 4.69) is 46.8 Å². The molecule has 5 nitrogen and oxygen atoms in total. The molecule has 114 valence electrons. The highest BCUT2D eigenvalue weighted by Gasteiger charge is 2.22. The molecule has 0 aliphatic carbocycles. The lowest BCUT2D eigenvalue weighted by atomic mass is 9.91. The van der Waals surface area contributed by atoms with Crippen molar-refractivity contribution in [2.24, 2.45) is 4.99 Å². The van der Waals surface area contributed by atoms with Crippen LogP contribution in [0.4, 0.5) is 0 Å². The zero-order chi connectivity index (χ0) is 15.3. The van der Waals surface area contributed by atoms with Crippen LogP contribution in [0, 0.1) is 0 Å². The number of guanidine groups is 1. The first kappa shape index (κ1) is 15.6. The monoisotopic (exact) mass is 306 g/mol. The van der Waals surface area contributed by atoms with Crippen molar-refractivity contribution in [2.45, 2.75) is 25.8 Å². The molecule has 0 spiro atoms. The van der Waals surface area contributed by atoms with Crippen LogP contribution in [0.25, 0.3) is 0 Å². The van der Waals surface area contributed by atoms with Gasteiger partial charge >= 0.3 is 0 Å². The van der Waals surface area contributed by atoms with E-state index in [0.717, 1.165) is 18.2 Å². The van der Waals surface area contributed by atoms with Crippen LogP contribution in [0.2, 0.25) is 0 Å². The van der Waals surface area contributed by atoms with Gasteiger partial charge in [0.1, 0.15) is 12.0 Å².